The van der Waals surface area contributed by atoms with E-state index in [1.807, 2.05) is 0 Å². The van der Waals surface area contributed by atoms with Crippen molar-refractivity contribution in [2.75, 3.05) is 5.32 Å². The van der Waals surface area contributed by atoms with Gasteiger partial charge in [0.05, 0.1) is 0 Å². The number of carbonyl (C=O) groups is 2. The van der Waals surface area contributed by atoms with E-state index in [2.05, 4.69) is 16.7 Å². The predicted molar refractivity (Wildman–Crippen MR) is 84.3 cm³/mol. The van der Waals surface area contributed by atoms with Crippen LogP contribution in [-0.2, 0) is 0 Å². The summed E-state index contributed by atoms with van der Waals surface area (Å²) in [6.45, 7) is 1.52. The summed E-state index contributed by atoms with van der Waals surface area (Å²) < 4.78 is 0. The van der Waals surface area contributed by atoms with Gasteiger partial charge in [-0.15, -0.1) is 0 Å². The molecule has 0 saturated heterocycles. The second-order valence-corrected chi connectivity index (χ2v) is 5.49. The van der Waals surface area contributed by atoms with Gasteiger partial charge in [-0.05, 0) is 49.9 Å². The van der Waals surface area contributed by atoms with Crippen LogP contribution in [0, 0.1) is 5.92 Å². The van der Waals surface area contributed by atoms with Gasteiger partial charge < -0.3 is 10.6 Å². The average molecular weight is 286 g/mol. The van der Waals surface area contributed by atoms with Crippen LogP contribution in [0.25, 0.3) is 0 Å². The lowest BCUT2D eigenvalue weighted by Crippen LogP contribution is -2.24. The number of anilines is 1. The molecule has 1 aliphatic rings. The first-order valence-corrected chi connectivity index (χ1v) is 7.50. The van der Waals surface area contributed by atoms with Crippen molar-refractivity contribution in [2.24, 2.45) is 5.92 Å². The van der Waals surface area contributed by atoms with Crippen LogP contribution in [0.2, 0.25) is 0 Å². The van der Waals surface area contributed by atoms with E-state index in [1.54, 1.807) is 30.5 Å². The standard InChI is InChI=1S/C17H22N2O2/c1-13(20)15-7-9-16(10-8-15)19-17(21)18-12-11-14-5-3-2-4-6-14/h7-12,14H,2-6H2,1H3,(H2,18,19,21)/b12-11+. The maximum Gasteiger partial charge on any atom is 0.323 e. The van der Waals surface area contributed by atoms with Crippen LogP contribution in [0.5, 0.6) is 0 Å². The Morgan fingerprint density at radius 3 is 2.38 bits per heavy atom. The highest BCUT2D eigenvalue weighted by Crippen LogP contribution is 2.24. The molecule has 21 heavy (non-hydrogen) atoms. The number of urea groups is 1. The number of benzene rings is 1. The molecule has 4 heteroatoms. The van der Waals surface area contributed by atoms with Gasteiger partial charge in [0.1, 0.15) is 0 Å². The number of Topliss-reactive ketones (excluding diaryl/α,β-unsaturated/α-hetero) is 1. The van der Waals surface area contributed by atoms with Crippen LogP contribution in [-0.4, -0.2) is 11.8 Å². The summed E-state index contributed by atoms with van der Waals surface area (Å²) in [7, 11) is 0. The molecule has 1 aromatic rings. The second kappa shape index (κ2) is 7.62. The summed E-state index contributed by atoms with van der Waals surface area (Å²) in [5.41, 5.74) is 1.31. The van der Waals surface area contributed by atoms with Gasteiger partial charge in [0, 0.05) is 17.5 Å². The Kier molecular flexibility index (Phi) is 5.55. The van der Waals surface area contributed by atoms with E-state index in [4.69, 9.17) is 0 Å². The molecule has 0 aromatic heterocycles. The van der Waals surface area contributed by atoms with E-state index in [1.165, 1.54) is 39.0 Å². The molecular formula is C17H22N2O2. The molecule has 0 spiro atoms. The summed E-state index contributed by atoms with van der Waals surface area (Å²) in [5, 5.41) is 5.45. The van der Waals surface area contributed by atoms with Gasteiger partial charge in [0.25, 0.3) is 0 Å². The van der Waals surface area contributed by atoms with E-state index in [0.29, 0.717) is 17.2 Å². The lowest BCUT2D eigenvalue weighted by Gasteiger charge is -2.17. The first-order valence-electron chi connectivity index (χ1n) is 7.50. The third-order valence-corrected chi connectivity index (χ3v) is 3.78. The SMILES string of the molecule is CC(=O)c1ccc(NC(=O)N/C=C/C2CCCCC2)cc1. The molecule has 1 aliphatic carbocycles. The Morgan fingerprint density at radius 2 is 1.76 bits per heavy atom. The number of hydrogen-bond donors (Lipinski definition) is 2. The first kappa shape index (κ1) is 15.3. The third kappa shape index (κ3) is 5.06. The fourth-order valence-corrected chi connectivity index (χ4v) is 2.54. The molecule has 0 atom stereocenters. The topological polar surface area (TPSA) is 58.2 Å². The molecule has 2 N–H and O–H groups in total. The van der Waals surface area contributed by atoms with E-state index in [9.17, 15) is 9.59 Å². The van der Waals surface area contributed by atoms with E-state index in [0.717, 1.165) is 0 Å². The molecule has 0 radical (unpaired) electrons. The molecule has 1 aromatic carbocycles. The Hall–Kier alpha value is -2.10. The molecule has 1 saturated carbocycles. The molecule has 0 aliphatic heterocycles. The summed E-state index contributed by atoms with van der Waals surface area (Å²) in [4.78, 5) is 22.9. The molecule has 4 nitrogen and oxygen atoms in total. The van der Waals surface area contributed by atoms with E-state index < -0.39 is 0 Å². The maximum atomic E-state index is 11.7. The number of allylic oxidation sites excluding steroid dienone is 1. The highest BCUT2D eigenvalue weighted by atomic mass is 16.2. The van der Waals surface area contributed by atoms with Gasteiger partial charge in [-0.3, -0.25) is 4.79 Å². The van der Waals surface area contributed by atoms with Gasteiger partial charge in [0.15, 0.2) is 5.78 Å². The van der Waals surface area contributed by atoms with E-state index in [-0.39, 0.29) is 11.8 Å². The van der Waals surface area contributed by atoms with Crippen LogP contribution in [0.15, 0.2) is 36.5 Å². The molecule has 0 heterocycles. The minimum absolute atomic E-state index is 0.0152. The average Bonchev–Trinajstić information content (AvgIpc) is 2.49. The van der Waals surface area contributed by atoms with Gasteiger partial charge in [-0.2, -0.15) is 0 Å². The molecule has 0 bridgehead atoms. The molecule has 112 valence electrons. The number of amides is 2. The zero-order chi connectivity index (χ0) is 15.1. The third-order valence-electron chi connectivity index (χ3n) is 3.78. The largest absolute Gasteiger partial charge is 0.323 e. The van der Waals surface area contributed by atoms with Crippen molar-refractivity contribution in [3.63, 3.8) is 0 Å². The lowest BCUT2D eigenvalue weighted by molar-refractivity contribution is 0.101. The van der Waals surface area contributed by atoms with Gasteiger partial charge in [-0.25, -0.2) is 4.79 Å². The van der Waals surface area contributed by atoms with Crippen molar-refractivity contribution < 1.29 is 9.59 Å². The monoisotopic (exact) mass is 286 g/mol. The fraction of sp³-hybridized carbons (Fsp3) is 0.412. The normalized spacial score (nSPS) is 15.9. The zero-order valence-electron chi connectivity index (χ0n) is 12.4. The van der Waals surface area contributed by atoms with Crippen LogP contribution in [0.1, 0.15) is 49.4 Å². The summed E-state index contributed by atoms with van der Waals surface area (Å²) in [5.74, 6) is 0.607. The molecule has 2 rings (SSSR count). The number of ketones is 1. The van der Waals surface area contributed by atoms with Crippen molar-refractivity contribution in [1.82, 2.24) is 5.32 Å². The quantitative estimate of drug-likeness (QED) is 0.818. The Labute approximate surface area is 125 Å². The second-order valence-electron chi connectivity index (χ2n) is 5.49. The number of rotatable bonds is 4. The first-order chi connectivity index (χ1) is 10.1. The number of hydrogen-bond acceptors (Lipinski definition) is 2. The minimum Gasteiger partial charge on any atom is -0.315 e. The number of nitrogens with one attached hydrogen (secondary N) is 2. The highest BCUT2D eigenvalue weighted by Gasteiger charge is 2.09. The number of carbonyl (C=O) groups excluding carboxylic acids is 2. The van der Waals surface area contributed by atoms with Crippen LogP contribution in [0.4, 0.5) is 10.5 Å². The van der Waals surface area contributed by atoms with Crippen molar-refractivity contribution in [3.8, 4) is 0 Å². The van der Waals surface area contributed by atoms with Gasteiger partial charge in [0.2, 0.25) is 0 Å². The van der Waals surface area contributed by atoms with Crippen molar-refractivity contribution >= 4 is 17.5 Å². The van der Waals surface area contributed by atoms with Crippen LogP contribution in [0.3, 0.4) is 0 Å². The van der Waals surface area contributed by atoms with Crippen molar-refractivity contribution in [3.05, 3.63) is 42.1 Å². The lowest BCUT2D eigenvalue weighted by atomic mass is 9.89. The molecule has 2 amide bonds. The fourth-order valence-electron chi connectivity index (χ4n) is 2.54. The van der Waals surface area contributed by atoms with Crippen LogP contribution < -0.4 is 10.6 Å². The van der Waals surface area contributed by atoms with Crippen LogP contribution >= 0.6 is 0 Å². The molecule has 0 unspecified atom stereocenters. The summed E-state index contributed by atoms with van der Waals surface area (Å²) in [6.07, 6.45) is 10.1. The zero-order valence-corrected chi connectivity index (χ0v) is 12.4. The minimum atomic E-state index is -0.266. The smallest absolute Gasteiger partial charge is 0.315 e. The molecule has 1 fully saturated rings. The van der Waals surface area contributed by atoms with Gasteiger partial charge in [-0.1, -0.05) is 25.3 Å². The molecular weight excluding hydrogens is 264 g/mol. The predicted octanol–water partition coefficient (Wildman–Crippen LogP) is 4.10. The highest BCUT2D eigenvalue weighted by molar-refractivity contribution is 5.95. The Morgan fingerprint density at radius 1 is 1.10 bits per heavy atom. The van der Waals surface area contributed by atoms with Crippen molar-refractivity contribution in [1.29, 1.82) is 0 Å². The van der Waals surface area contributed by atoms with E-state index >= 15 is 0 Å². The Balaban J connectivity index is 1.78. The Bertz CT molecular complexity index is 514. The summed E-state index contributed by atoms with van der Waals surface area (Å²) in [6, 6.07) is 6.59. The van der Waals surface area contributed by atoms with Crippen molar-refractivity contribution in [2.45, 2.75) is 39.0 Å². The summed E-state index contributed by atoms with van der Waals surface area (Å²) >= 11 is 0. The van der Waals surface area contributed by atoms with Gasteiger partial charge >= 0.3 is 6.03 Å². The maximum absolute atomic E-state index is 11.7.